The molecule has 0 heterocycles. The van der Waals surface area contributed by atoms with Gasteiger partial charge in [0.1, 0.15) is 17.7 Å². The first-order valence-corrected chi connectivity index (χ1v) is 14.1. The molecular weight excluding hydrogens is 498 g/mol. The number of nitrogens with zero attached hydrogens (tertiary/aromatic N) is 1. The molecule has 1 aliphatic rings. The second-order valence-corrected chi connectivity index (χ2v) is 11.7. The maximum absolute atomic E-state index is 14.3. The quantitative estimate of drug-likeness (QED) is 0.367. The third-order valence-electron chi connectivity index (χ3n) is 6.69. The van der Waals surface area contributed by atoms with Gasteiger partial charge in [0, 0.05) is 12.6 Å². The summed E-state index contributed by atoms with van der Waals surface area (Å²) in [5.41, 5.74) is 1.81. The van der Waals surface area contributed by atoms with Crippen molar-refractivity contribution in [3.05, 3.63) is 34.9 Å². The van der Waals surface area contributed by atoms with Crippen LogP contribution < -0.4 is 10.6 Å². The summed E-state index contributed by atoms with van der Waals surface area (Å²) in [4.78, 5) is 54.5. The highest BCUT2D eigenvalue weighted by Crippen LogP contribution is 2.36. The van der Waals surface area contributed by atoms with Crippen molar-refractivity contribution in [1.29, 1.82) is 0 Å². The lowest BCUT2D eigenvalue weighted by atomic mass is 9.85. The molecule has 39 heavy (non-hydrogen) atoms. The van der Waals surface area contributed by atoms with E-state index in [0.717, 1.165) is 36.0 Å². The zero-order chi connectivity index (χ0) is 29.3. The van der Waals surface area contributed by atoms with Crippen molar-refractivity contribution in [1.82, 2.24) is 15.5 Å². The third kappa shape index (κ3) is 9.55. The van der Waals surface area contributed by atoms with Gasteiger partial charge in [-0.3, -0.25) is 14.4 Å². The minimum Gasteiger partial charge on any atom is -0.466 e. The first-order chi connectivity index (χ1) is 18.2. The summed E-state index contributed by atoms with van der Waals surface area (Å²) in [5, 5.41) is 5.66. The lowest BCUT2D eigenvalue weighted by Crippen LogP contribution is -2.58. The van der Waals surface area contributed by atoms with E-state index >= 15 is 0 Å². The van der Waals surface area contributed by atoms with E-state index < -0.39 is 29.7 Å². The van der Waals surface area contributed by atoms with Gasteiger partial charge in [-0.15, -0.1) is 0 Å². The maximum atomic E-state index is 14.3. The van der Waals surface area contributed by atoms with Crippen molar-refractivity contribution in [3.63, 3.8) is 0 Å². The van der Waals surface area contributed by atoms with Crippen LogP contribution in [0.2, 0.25) is 0 Å². The minimum atomic E-state index is -0.915. The van der Waals surface area contributed by atoms with E-state index in [2.05, 4.69) is 10.6 Å². The van der Waals surface area contributed by atoms with Crippen LogP contribution in [0, 0.1) is 19.8 Å². The number of alkyl carbamates (subject to hydrolysis) is 1. The predicted octanol–water partition coefficient (Wildman–Crippen LogP) is 4.73. The molecule has 1 aliphatic carbocycles. The largest absolute Gasteiger partial charge is 0.466 e. The molecule has 218 valence electrons. The molecule has 2 unspecified atom stereocenters. The van der Waals surface area contributed by atoms with Crippen molar-refractivity contribution in [2.45, 2.75) is 111 Å². The summed E-state index contributed by atoms with van der Waals surface area (Å²) in [5.74, 6) is -0.967. The fourth-order valence-electron chi connectivity index (χ4n) is 4.78. The number of nitrogens with one attached hydrogen (secondary N) is 2. The summed E-state index contributed by atoms with van der Waals surface area (Å²) in [6.45, 7) is 15.2. The van der Waals surface area contributed by atoms with Gasteiger partial charge in [-0.25, -0.2) is 4.79 Å². The Morgan fingerprint density at radius 3 is 2.18 bits per heavy atom. The molecule has 2 rings (SSSR count). The minimum absolute atomic E-state index is 0.0343. The molecule has 1 saturated carbocycles. The molecule has 1 fully saturated rings. The number of benzene rings is 1. The van der Waals surface area contributed by atoms with Gasteiger partial charge < -0.3 is 25.0 Å². The van der Waals surface area contributed by atoms with E-state index in [-0.39, 0.29) is 43.3 Å². The SMILES string of the molecule is CCOC(=O)CCNC(=O)C(c1c(C)cccc1C)N(C(=O)C(CC(C)C)NC(=O)OC(C)(C)C)C1CCC1. The number of carbonyl (C=O) groups is 4. The Morgan fingerprint density at radius 2 is 1.69 bits per heavy atom. The summed E-state index contributed by atoms with van der Waals surface area (Å²) in [7, 11) is 0. The Hall–Kier alpha value is -3.10. The average molecular weight is 546 g/mol. The first kappa shape index (κ1) is 32.1. The van der Waals surface area contributed by atoms with Crippen molar-refractivity contribution in [2.75, 3.05) is 13.2 Å². The van der Waals surface area contributed by atoms with Gasteiger partial charge in [-0.1, -0.05) is 32.0 Å². The van der Waals surface area contributed by atoms with Crippen molar-refractivity contribution in [2.24, 2.45) is 5.92 Å². The van der Waals surface area contributed by atoms with Crippen molar-refractivity contribution >= 4 is 23.9 Å². The molecule has 9 heteroatoms. The summed E-state index contributed by atoms with van der Waals surface area (Å²) >= 11 is 0. The van der Waals surface area contributed by atoms with Gasteiger partial charge in [-0.05, 0) is 89.8 Å². The highest BCUT2D eigenvalue weighted by Gasteiger charge is 2.43. The number of hydrogen-bond acceptors (Lipinski definition) is 6. The second-order valence-electron chi connectivity index (χ2n) is 11.7. The fourth-order valence-corrected chi connectivity index (χ4v) is 4.78. The fraction of sp³-hybridized carbons (Fsp3) is 0.667. The topological polar surface area (TPSA) is 114 Å². The van der Waals surface area contributed by atoms with Gasteiger partial charge >= 0.3 is 12.1 Å². The zero-order valence-corrected chi connectivity index (χ0v) is 24.9. The Labute approximate surface area is 233 Å². The van der Waals surface area contributed by atoms with E-state index in [9.17, 15) is 19.2 Å². The summed E-state index contributed by atoms with van der Waals surface area (Å²) in [6.07, 6.45) is 2.25. The molecule has 1 aromatic rings. The smallest absolute Gasteiger partial charge is 0.408 e. The van der Waals surface area contributed by atoms with Crippen LogP contribution >= 0.6 is 0 Å². The molecule has 0 aliphatic heterocycles. The van der Waals surface area contributed by atoms with E-state index in [1.54, 1.807) is 32.6 Å². The van der Waals surface area contributed by atoms with E-state index in [1.165, 1.54) is 0 Å². The number of rotatable bonds is 12. The van der Waals surface area contributed by atoms with Gasteiger partial charge in [0.2, 0.25) is 11.8 Å². The first-order valence-electron chi connectivity index (χ1n) is 14.1. The van der Waals surface area contributed by atoms with Crippen LogP contribution in [0.25, 0.3) is 0 Å². The molecule has 9 nitrogen and oxygen atoms in total. The highest BCUT2D eigenvalue weighted by molar-refractivity contribution is 5.93. The van der Waals surface area contributed by atoms with Crippen LogP contribution in [-0.2, 0) is 23.9 Å². The second kappa shape index (κ2) is 14.3. The normalized spacial score (nSPS) is 15.1. The Kier molecular flexibility index (Phi) is 11.8. The molecule has 2 N–H and O–H groups in total. The monoisotopic (exact) mass is 545 g/mol. The zero-order valence-electron chi connectivity index (χ0n) is 24.9. The highest BCUT2D eigenvalue weighted by atomic mass is 16.6. The van der Waals surface area contributed by atoms with Gasteiger partial charge in [0.25, 0.3) is 0 Å². The molecular formula is C30H47N3O6. The molecule has 0 radical (unpaired) electrons. The number of amides is 3. The molecule has 0 saturated heterocycles. The molecule has 2 atom stereocenters. The number of hydrogen-bond donors (Lipinski definition) is 2. The predicted molar refractivity (Wildman–Crippen MR) is 150 cm³/mol. The van der Waals surface area contributed by atoms with Gasteiger partial charge in [-0.2, -0.15) is 0 Å². The van der Waals surface area contributed by atoms with E-state index in [4.69, 9.17) is 9.47 Å². The van der Waals surface area contributed by atoms with Crippen LogP contribution in [0.1, 0.15) is 96.4 Å². The number of carbonyl (C=O) groups excluding carboxylic acids is 4. The standard InChI is InChI=1S/C30H47N3O6/c1-9-38-24(34)16-17-31-27(35)26(25-20(4)12-10-13-21(25)5)33(22-14-11-15-22)28(36)23(18-19(2)3)32-29(37)39-30(6,7)8/h10,12-13,19,22-23,26H,9,11,14-18H2,1-8H3,(H,31,35)(H,32,37). The van der Waals surface area contributed by atoms with Crippen LogP contribution in [-0.4, -0.2) is 59.6 Å². The molecule has 3 amide bonds. The van der Waals surface area contributed by atoms with Crippen LogP contribution in [0.4, 0.5) is 4.79 Å². The van der Waals surface area contributed by atoms with Crippen molar-refractivity contribution in [3.8, 4) is 0 Å². The average Bonchev–Trinajstić information content (AvgIpc) is 2.76. The Balaban J connectivity index is 2.49. The lowest BCUT2D eigenvalue weighted by molar-refractivity contribution is -0.148. The molecule has 1 aromatic carbocycles. The lowest BCUT2D eigenvalue weighted by Gasteiger charge is -2.44. The van der Waals surface area contributed by atoms with Gasteiger partial charge in [0.05, 0.1) is 13.0 Å². The van der Waals surface area contributed by atoms with Crippen LogP contribution in [0.3, 0.4) is 0 Å². The third-order valence-corrected chi connectivity index (χ3v) is 6.69. The van der Waals surface area contributed by atoms with Crippen molar-refractivity contribution < 1.29 is 28.7 Å². The van der Waals surface area contributed by atoms with E-state index in [0.29, 0.717) is 6.42 Å². The van der Waals surface area contributed by atoms with Crippen LogP contribution in [0.15, 0.2) is 18.2 Å². The molecule has 0 spiro atoms. The number of ether oxygens (including phenoxy) is 2. The summed E-state index contributed by atoms with van der Waals surface area (Å²) in [6, 6.07) is 3.85. The summed E-state index contributed by atoms with van der Waals surface area (Å²) < 4.78 is 10.5. The number of aryl methyl sites for hydroxylation is 2. The number of esters is 1. The van der Waals surface area contributed by atoms with Crippen LogP contribution in [0.5, 0.6) is 0 Å². The van der Waals surface area contributed by atoms with E-state index in [1.807, 2.05) is 45.9 Å². The molecule has 0 bridgehead atoms. The Morgan fingerprint density at radius 1 is 1.08 bits per heavy atom. The van der Waals surface area contributed by atoms with Gasteiger partial charge in [0.15, 0.2) is 0 Å². The molecule has 0 aromatic heterocycles. The Bertz CT molecular complexity index is 992. The maximum Gasteiger partial charge on any atom is 0.408 e.